The zero-order valence-electron chi connectivity index (χ0n) is 12.1. The Hall–Kier alpha value is -1.26. The maximum Gasteiger partial charge on any atom is 0.412 e. The third kappa shape index (κ3) is 4.39. The molecule has 1 amide bonds. The molecule has 0 atom stereocenters. The number of ether oxygens (including phenoxy) is 1. The number of hydrogen-bond donors (Lipinski definition) is 2. The molecule has 0 bridgehead atoms. The highest BCUT2D eigenvalue weighted by atomic mass is 35.5. The summed E-state index contributed by atoms with van der Waals surface area (Å²) >= 11 is 6.11. The second kappa shape index (κ2) is 6.02. The lowest BCUT2D eigenvalue weighted by Gasteiger charge is -2.27. The van der Waals surface area contributed by atoms with Crippen molar-refractivity contribution in [2.24, 2.45) is 5.92 Å². The Morgan fingerprint density at radius 1 is 1.45 bits per heavy atom. The van der Waals surface area contributed by atoms with Gasteiger partial charge >= 0.3 is 6.09 Å². The Kier molecular flexibility index (Phi) is 4.55. The van der Waals surface area contributed by atoms with E-state index in [0.29, 0.717) is 16.6 Å². The van der Waals surface area contributed by atoms with Gasteiger partial charge in [0.25, 0.3) is 0 Å². The fraction of sp³-hybridized carbons (Fsp3) is 0.533. The summed E-state index contributed by atoms with van der Waals surface area (Å²) in [4.78, 5) is 11.8. The number of amides is 1. The summed E-state index contributed by atoms with van der Waals surface area (Å²) in [6.07, 6.45) is 0.509. The molecule has 20 heavy (non-hydrogen) atoms. The Balaban J connectivity index is 2.02. The number of benzene rings is 1. The molecule has 1 saturated heterocycles. The van der Waals surface area contributed by atoms with Crippen LogP contribution in [-0.4, -0.2) is 24.8 Å². The summed E-state index contributed by atoms with van der Waals surface area (Å²) in [5.41, 5.74) is 1.25. The van der Waals surface area contributed by atoms with Crippen LogP contribution in [0.1, 0.15) is 26.3 Å². The number of carbonyl (C=O) groups is 1. The SMILES string of the molecule is CC(C)(C)OC(=O)Nc1cc(CC2CNC2)ccc1Cl. The fourth-order valence-electron chi connectivity index (χ4n) is 2.03. The van der Waals surface area contributed by atoms with Gasteiger partial charge in [-0.15, -0.1) is 0 Å². The number of halogens is 1. The van der Waals surface area contributed by atoms with Crippen molar-refractivity contribution < 1.29 is 9.53 Å². The van der Waals surface area contributed by atoms with E-state index in [4.69, 9.17) is 16.3 Å². The Morgan fingerprint density at radius 3 is 2.70 bits per heavy atom. The fourth-order valence-corrected chi connectivity index (χ4v) is 2.20. The first-order valence-corrected chi connectivity index (χ1v) is 7.20. The minimum atomic E-state index is -0.522. The highest BCUT2D eigenvalue weighted by Crippen LogP contribution is 2.25. The molecule has 0 unspecified atom stereocenters. The average molecular weight is 297 g/mol. The van der Waals surface area contributed by atoms with Crippen molar-refractivity contribution in [2.45, 2.75) is 32.8 Å². The average Bonchev–Trinajstić information content (AvgIpc) is 2.25. The molecule has 4 nitrogen and oxygen atoms in total. The van der Waals surface area contributed by atoms with E-state index in [0.717, 1.165) is 19.5 Å². The number of rotatable bonds is 3. The predicted octanol–water partition coefficient (Wildman–Crippen LogP) is 3.45. The smallest absolute Gasteiger partial charge is 0.412 e. The van der Waals surface area contributed by atoms with Crippen LogP contribution in [-0.2, 0) is 11.2 Å². The van der Waals surface area contributed by atoms with Gasteiger partial charge < -0.3 is 10.1 Å². The van der Waals surface area contributed by atoms with Gasteiger partial charge in [0.2, 0.25) is 0 Å². The highest BCUT2D eigenvalue weighted by Gasteiger charge is 2.19. The summed E-state index contributed by atoms with van der Waals surface area (Å²) in [5, 5.41) is 6.48. The number of hydrogen-bond acceptors (Lipinski definition) is 3. The molecule has 110 valence electrons. The maximum atomic E-state index is 11.8. The van der Waals surface area contributed by atoms with Gasteiger partial charge in [-0.2, -0.15) is 0 Å². The first-order valence-electron chi connectivity index (χ1n) is 6.82. The van der Waals surface area contributed by atoms with Crippen molar-refractivity contribution in [3.8, 4) is 0 Å². The zero-order chi connectivity index (χ0) is 14.8. The molecule has 1 aromatic rings. The van der Waals surface area contributed by atoms with E-state index in [-0.39, 0.29) is 0 Å². The molecular formula is C15H21ClN2O2. The lowest BCUT2D eigenvalue weighted by Crippen LogP contribution is -2.43. The van der Waals surface area contributed by atoms with Crippen LogP contribution in [0, 0.1) is 5.92 Å². The third-order valence-electron chi connectivity index (χ3n) is 3.06. The van der Waals surface area contributed by atoms with Crippen LogP contribution in [0.15, 0.2) is 18.2 Å². The number of anilines is 1. The minimum Gasteiger partial charge on any atom is -0.444 e. The van der Waals surface area contributed by atoms with Crippen LogP contribution in [0.4, 0.5) is 10.5 Å². The van der Waals surface area contributed by atoms with Gasteiger partial charge in [-0.05, 0) is 63.9 Å². The summed E-state index contributed by atoms with van der Waals surface area (Å²) in [6, 6.07) is 5.74. The predicted molar refractivity (Wildman–Crippen MR) is 81.4 cm³/mol. The molecule has 0 aromatic heterocycles. The molecule has 0 spiro atoms. The molecule has 0 saturated carbocycles. The molecule has 1 heterocycles. The highest BCUT2D eigenvalue weighted by molar-refractivity contribution is 6.33. The van der Waals surface area contributed by atoms with E-state index in [9.17, 15) is 4.79 Å². The molecule has 1 aliphatic heterocycles. The molecule has 0 aliphatic carbocycles. The standard InChI is InChI=1S/C15H21ClN2O2/c1-15(2,3)20-14(19)18-13-7-10(4-5-12(13)16)6-11-8-17-9-11/h4-5,7,11,17H,6,8-9H2,1-3H3,(H,18,19). The van der Waals surface area contributed by atoms with Crippen LogP contribution in [0.25, 0.3) is 0 Å². The molecule has 1 fully saturated rings. The molecular weight excluding hydrogens is 276 g/mol. The summed E-state index contributed by atoms with van der Waals surface area (Å²) in [7, 11) is 0. The minimum absolute atomic E-state index is 0.484. The molecule has 2 N–H and O–H groups in total. The van der Waals surface area contributed by atoms with Crippen LogP contribution >= 0.6 is 11.6 Å². The molecule has 0 radical (unpaired) electrons. The molecule has 1 aromatic carbocycles. The van der Waals surface area contributed by atoms with E-state index in [1.165, 1.54) is 5.56 Å². The van der Waals surface area contributed by atoms with Crippen LogP contribution < -0.4 is 10.6 Å². The maximum absolute atomic E-state index is 11.8. The molecule has 2 rings (SSSR count). The van der Waals surface area contributed by atoms with Gasteiger partial charge in [-0.25, -0.2) is 4.79 Å². The summed E-state index contributed by atoms with van der Waals surface area (Å²) < 4.78 is 5.23. The topological polar surface area (TPSA) is 50.4 Å². The van der Waals surface area contributed by atoms with Crippen molar-refractivity contribution in [1.82, 2.24) is 5.32 Å². The van der Waals surface area contributed by atoms with Crippen LogP contribution in [0.3, 0.4) is 0 Å². The lowest BCUT2D eigenvalue weighted by atomic mass is 9.94. The summed E-state index contributed by atoms with van der Waals surface area (Å²) in [6.45, 7) is 7.59. The second-order valence-electron chi connectivity index (χ2n) is 6.17. The van der Waals surface area contributed by atoms with Crippen molar-refractivity contribution in [3.05, 3.63) is 28.8 Å². The Morgan fingerprint density at radius 2 is 2.15 bits per heavy atom. The summed E-state index contributed by atoms with van der Waals surface area (Å²) in [5.74, 6) is 0.672. The zero-order valence-corrected chi connectivity index (χ0v) is 12.9. The van der Waals surface area contributed by atoms with Gasteiger partial charge in [0.1, 0.15) is 5.60 Å². The van der Waals surface area contributed by atoms with Gasteiger partial charge in [-0.1, -0.05) is 17.7 Å². The normalized spacial score (nSPS) is 15.6. The third-order valence-corrected chi connectivity index (χ3v) is 3.39. The van der Waals surface area contributed by atoms with E-state index >= 15 is 0 Å². The van der Waals surface area contributed by atoms with E-state index in [2.05, 4.69) is 10.6 Å². The first kappa shape index (κ1) is 15.1. The second-order valence-corrected chi connectivity index (χ2v) is 6.58. The van der Waals surface area contributed by atoms with Gasteiger partial charge in [0, 0.05) is 0 Å². The largest absolute Gasteiger partial charge is 0.444 e. The molecule has 5 heteroatoms. The van der Waals surface area contributed by atoms with Crippen LogP contribution in [0.2, 0.25) is 5.02 Å². The lowest BCUT2D eigenvalue weighted by molar-refractivity contribution is 0.0636. The Labute approximate surface area is 124 Å². The van der Waals surface area contributed by atoms with E-state index in [1.807, 2.05) is 39.0 Å². The van der Waals surface area contributed by atoms with Gasteiger partial charge in [0.05, 0.1) is 10.7 Å². The van der Waals surface area contributed by atoms with Crippen LogP contribution in [0.5, 0.6) is 0 Å². The van der Waals surface area contributed by atoms with Crippen molar-refractivity contribution in [2.75, 3.05) is 18.4 Å². The van der Waals surface area contributed by atoms with E-state index in [1.54, 1.807) is 0 Å². The van der Waals surface area contributed by atoms with Gasteiger partial charge in [-0.3, -0.25) is 5.32 Å². The van der Waals surface area contributed by atoms with E-state index < -0.39 is 11.7 Å². The monoisotopic (exact) mass is 296 g/mol. The van der Waals surface area contributed by atoms with Gasteiger partial charge in [0.15, 0.2) is 0 Å². The number of carbonyl (C=O) groups excluding carboxylic acids is 1. The number of nitrogens with one attached hydrogen (secondary N) is 2. The first-order chi connectivity index (χ1) is 9.33. The molecule has 1 aliphatic rings. The van der Waals surface area contributed by atoms with Crippen molar-refractivity contribution in [3.63, 3.8) is 0 Å². The van der Waals surface area contributed by atoms with Crippen molar-refractivity contribution >= 4 is 23.4 Å². The Bertz CT molecular complexity index is 493. The van der Waals surface area contributed by atoms with Crippen molar-refractivity contribution in [1.29, 1.82) is 0 Å². The quantitative estimate of drug-likeness (QED) is 0.898.